The number of halogens is 1. The fourth-order valence-electron chi connectivity index (χ4n) is 2.04. The van der Waals surface area contributed by atoms with Crippen molar-refractivity contribution in [2.75, 3.05) is 0 Å². The van der Waals surface area contributed by atoms with Crippen molar-refractivity contribution in [2.24, 2.45) is 0 Å². The molecule has 2 heterocycles. The Morgan fingerprint density at radius 1 is 1.16 bits per heavy atom. The first kappa shape index (κ1) is 11.9. The number of imidazole rings is 1. The second-order valence-corrected chi connectivity index (χ2v) is 4.88. The summed E-state index contributed by atoms with van der Waals surface area (Å²) in [6.45, 7) is 0. The molecule has 2 aromatic heterocycles. The quantitative estimate of drug-likeness (QED) is 0.787. The Labute approximate surface area is 117 Å². The lowest BCUT2D eigenvalue weighted by molar-refractivity contribution is 0.0693. The Hall–Kier alpha value is -2.14. The summed E-state index contributed by atoms with van der Waals surface area (Å²) in [5.74, 6) is -0.416. The molecule has 0 unspecified atom stereocenters. The van der Waals surface area contributed by atoms with Crippen molar-refractivity contribution >= 4 is 27.4 Å². The van der Waals surface area contributed by atoms with Gasteiger partial charge in [0.1, 0.15) is 5.82 Å². The number of aromatic nitrogens is 2. The molecule has 3 rings (SSSR count). The number of carboxylic acids is 1. The van der Waals surface area contributed by atoms with E-state index in [4.69, 9.17) is 0 Å². The Morgan fingerprint density at radius 2 is 1.89 bits per heavy atom. The molecule has 0 saturated heterocycles. The number of pyridine rings is 1. The number of hydrogen-bond acceptors (Lipinski definition) is 2. The maximum atomic E-state index is 11.3. The van der Waals surface area contributed by atoms with E-state index in [2.05, 4.69) is 20.9 Å². The van der Waals surface area contributed by atoms with Crippen molar-refractivity contribution in [3.05, 3.63) is 58.8 Å². The zero-order chi connectivity index (χ0) is 13.4. The zero-order valence-corrected chi connectivity index (χ0v) is 11.3. The lowest BCUT2D eigenvalue weighted by atomic mass is 10.2. The molecule has 0 aliphatic heterocycles. The summed E-state index contributed by atoms with van der Waals surface area (Å²) in [5.41, 5.74) is 1.49. The highest BCUT2D eigenvalue weighted by atomic mass is 79.9. The molecule has 0 fully saturated rings. The van der Waals surface area contributed by atoms with Crippen LogP contribution in [0.4, 0.5) is 0 Å². The highest BCUT2D eigenvalue weighted by molar-refractivity contribution is 9.10. The van der Waals surface area contributed by atoms with Gasteiger partial charge in [0.2, 0.25) is 0 Å². The molecule has 0 aliphatic rings. The van der Waals surface area contributed by atoms with Crippen LogP contribution in [0.5, 0.6) is 0 Å². The number of rotatable bonds is 2. The van der Waals surface area contributed by atoms with Crippen molar-refractivity contribution in [2.45, 2.75) is 0 Å². The van der Waals surface area contributed by atoms with Crippen molar-refractivity contribution in [3.63, 3.8) is 0 Å². The van der Waals surface area contributed by atoms with Crippen LogP contribution < -0.4 is 0 Å². The second kappa shape index (κ2) is 4.51. The maximum absolute atomic E-state index is 11.3. The molecule has 19 heavy (non-hydrogen) atoms. The molecule has 3 aromatic rings. The average Bonchev–Trinajstić information content (AvgIpc) is 2.81. The predicted octanol–water partition coefficient (Wildman–Crippen LogP) is 3.46. The number of carboxylic acid groups (broad SMARTS) is 1. The summed E-state index contributed by atoms with van der Waals surface area (Å²) >= 11 is 3.38. The fraction of sp³-hybridized carbons (Fsp3) is 0. The monoisotopic (exact) mass is 316 g/mol. The minimum absolute atomic E-state index is 0.0475. The summed E-state index contributed by atoms with van der Waals surface area (Å²) in [6, 6.07) is 13.2. The molecule has 5 heteroatoms. The van der Waals surface area contributed by atoms with Crippen LogP contribution in [0.15, 0.2) is 53.1 Å². The lowest BCUT2D eigenvalue weighted by Gasteiger charge is -2.01. The van der Waals surface area contributed by atoms with Gasteiger partial charge in [-0.3, -0.25) is 4.40 Å². The first-order valence-electron chi connectivity index (χ1n) is 5.64. The number of nitrogens with zero attached hydrogens (tertiary/aromatic N) is 2. The van der Waals surface area contributed by atoms with E-state index in [1.54, 1.807) is 10.5 Å². The van der Waals surface area contributed by atoms with Gasteiger partial charge in [0, 0.05) is 16.2 Å². The molecule has 94 valence electrons. The number of benzene rings is 1. The van der Waals surface area contributed by atoms with Crippen molar-refractivity contribution in [1.29, 1.82) is 0 Å². The van der Waals surface area contributed by atoms with Crippen molar-refractivity contribution in [3.8, 4) is 11.4 Å². The van der Waals surface area contributed by atoms with E-state index in [1.807, 2.05) is 42.6 Å². The lowest BCUT2D eigenvalue weighted by Crippen LogP contribution is -1.97. The number of hydrogen-bond donors (Lipinski definition) is 1. The molecule has 4 nitrogen and oxygen atoms in total. The molecule has 0 bridgehead atoms. The third-order valence-corrected chi connectivity index (χ3v) is 3.49. The van der Waals surface area contributed by atoms with E-state index in [9.17, 15) is 9.90 Å². The van der Waals surface area contributed by atoms with Crippen LogP contribution in [0.25, 0.3) is 16.9 Å². The molecule has 0 spiro atoms. The van der Waals surface area contributed by atoms with E-state index < -0.39 is 5.97 Å². The van der Waals surface area contributed by atoms with Gasteiger partial charge in [-0.05, 0) is 28.1 Å². The summed E-state index contributed by atoms with van der Waals surface area (Å²) < 4.78 is 2.49. The summed E-state index contributed by atoms with van der Waals surface area (Å²) in [4.78, 5) is 15.6. The predicted molar refractivity (Wildman–Crippen MR) is 75.3 cm³/mol. The molecule has 0 radical (unpaired) electrons. The highest BCUT2D eigenvalue weighted by Gasteiger charge is 2.19. The van der Waals surface area contributed by atoms with Crippen LogP contribution in [0.2, 0.25) is 0 Å². The van der Waals surface area contributed by atoms with E-state index >= 15 is 0 Å². The van der Waals surface area contributed by atoms with Gasteiger partial charge in [0.15, 0.2) is 5.69 Å². The Bertz CT molecular complexity index is 766. The van der Waals surface area contributed by atoms with Gasteiger partial charge in [-0.15, -0.1) is 0 Å². The second-order valence-electron chi connectivity index (χ2n) is 4.03. The number of aromatic carboxylic acids is 1. The van der Waals surface area contributed by atoms with E-state index in [-0.39, 0.29) is 5.69 Å². The molecule has 1 N–H and O–H groups in total. The largest absolute Gasteiger partial charge is 0.476 e. The summed E-state index contributed by atoms with van der Waals surface area (Å²) in [7, 11) is 0. The minimum Gasteiger partial charge on any atom is -0.476 e. The van der Waals surface area contributed by atoms with Crippen LogP contribution in [0.1, 0.15) is 10.5 Å². The minimum atomic E-state index is -1.04. The highest BCUT2D eigenvalue weighted by Crippen LogP contribution is 2.27. The van der Waals surface area contributed by atoms with Crippen LogP contribution >= 0.6 is 15.9 Å². The van der Waals surface area contributed by atoms with Crippen LogP contribution in [-0.4, -0.2) is 20.5 Å². The van der Waals surface area contributed by atoms with Gasteiger partial charge >= 0.3 is 5.97 Å². The van der Waals surface area contributed by atoms with Crippen molar-refractivity contribution in [1.82, 2.24) is 9.38 Å². The Balaban J connectivity index is 2.39. The molecule has 0 aliphatic carbocycles. The van der Waals surface area contributed by atoms with Gasteiger partial charge in [0.05, 0.1) is 5.52 Å². The molecule has 0 amide bonds. The molecule has 0 saturated carbocycles. The number of carbonyl (C=O) groups is 1. The molecular weight excluding hydrogens is 308 g/mol. The SMILES string of the molecule is O=C(O)c1nc(-c2ccccc2)n2cccc(Br)c12. The van der Waals surface area contributed by atoms with Crippen LogP contribution in [0.3, 0.4) is 0 Å². The van der Waals surface area contributed by atoms with E-state index in [1.165, 1.54) is 0 Å². The first-order chi connectivity index (χ1) is 9.18. The van der Waals surface area contributed by atoms with Gasteiger partial charge in [0.25, 0.3) is 0 Å². The maximum Gasteiger partial charge on any atom is 0.356 e. The van der Waals surface area contributed by atoms with Gasteiger partial charge in [-0.1, -0.05) is 30.3 Å². The fourth-order valence-corrected chi connectivity index (χ4v) is 2.57. The first-order valence-corrected chi connectivity index (χ1v) is 6.43. The van der Waals surface area contributed by atoms with E-state index in [0.29, 0.717) is 15.8 Å². The number of fused-ring (bicyclic) bond motifs is 1. The molecule has 0 atom stereocenters. The van der Waals surface area contributed by atoms with E-state index in [0.717, 1.165) is 5.56 Å². The smallest absolute Gasteiger partial charge is 0.356 e. The standard InChI is InChI=1S/C14H9BrN2O2/c15-10-7-4-8-17-12(10)11(14(18)19)16-13(17)9-5-2-1-3-6-9/h1-8H,(H,18,19). The third-order valence-electron chi connectivity index (χ3n) is 2.85. The van der Waals surface area contributed by atoms with Crippen LogP contribution in [0, 0.1) is 0 Å². The topological polar surface area (TPSA) is 54.6 Å². The molecule has 1 aromatic carbocycles. The normalized spacial score (nSPS) is 10.8. The van der Waals surface area contributed by atoms with Crippen LogP contribution in [-0.2, 0) is 0 Å². The third kappa shape index (κ3) is 1.92. The zero-order valence-electron chi connectivity index (χ0n) is 9.75. The van der Waals surface area contributed by atoms with Gasteiger partial charge in [-0.25, -0.2) is 9.78 Å². The Morgan fingerprint density at radius 3 is 2.58 bits per heavy atom. The summed E-state index contributed by atoms with van der Waals surface area (Å²) in [5, 5.41) is 9.27. The van der Waals surface area contributed by atoms with Gasteiger partial charge in [-0.2, -0.15) is 0 Å². The van der Waals surface area contributed by atoms with Gasteiger partial charge < -0.3 is 5.11 Å². The summed E-state index contributed by atoms with van der Waals surface area (Å²) in [6.07, 6.45) is 1.81. The average molecular weight is 317 g/mol. The van der Waals surface area contributed by atoms with Crippen molar-refractivity contribution < 1.29 is 9.90 Å². The molecular formula is C14H9BrN2O2. The Kier molecular flexibility index (Phi) is 2.83.